The number of sulfonamides is 1. The summed E-state index contributed by atoms with van der Waals surface area (Å²) in [5.41, 5.74) is -0.498. The molecule has 1 aliphatic rings. The molecular weight excluding hydrogens is 291 g/mol. The molecule has 1 aliphatic heterocycles. The van der Waals surface area contributed by atoms with E-state index in [0.29, 0.717) is 12.8 Å². The summed E-state index contributed by atoms with van der Waals surface area (Å²) < 4.78 is 40.2. The lowest BCUT2D eigenvalue weighted by atomic mass is 9.92. The molecule has 7 heteroatoms. The maximum absolute atomic E-state index is 13.0. The molecule has 0 bridgehead atoms. The maximum Gasteiger partial charge on any atom is 0.242 e. The Hall–Kier alpha value is -0.690. The Labute approximate surface area is 117 Å². The molecule has 0 unspecified atom stereocenters. The van der Waals surface area contributed by atoms with E-state index in [4.69, 9.17) is 11.6 Å². The Morgan fingerprint density at radius 2 is 2.00 bits per heavy atom. The van der Waals surface area contributed by atoms with Crippen molar-refractivity contribution >= 4 is 21.6 Å². The number of hydrogen-bond acceptors (Lipinski definition) is 3. The summed E-state index contributed by atoms with van der Waals surface area (Å²) in [6.45, 7) is 3.38. The number of rotatable bonds is 3. The zero-order valence-corrected chi connectivity index (χ0v) is 12.1. The normalized spacial score (nSPS) is 19.3. The van der Waals surface area contributed by atoms with Crippen molar-refractivity contribution in [1.82, 2.24) is 10.0 Å². The topological polar surface area (TPSA) is 58.2 Å². The lowest BCUT2D eigenvalue weighted by Gasteiger charge is -2.34. The van der Waals surface area contributed by atoms with Crippen LogP contribution >= 0.6 is 11.6 Å². The van der Waals surface area contributed by atoms with E-state index < -0.39 is 21.4 Å². The number of halogens is 2. The van der Waals surface area contributed by atoms with Crippen LogP contribution < -0.4 is 10.0 Å². The lowest BCUT2D eigenvalue weighted by Crippen LogP contribution is -2.52. The number of hydrogen-bond donors (Lipinski definition) is 2. The second-order valence-electron chi connectivity index (χ2n) is 4.99. The molecule has 2 rings (SSSR count). The number of benzene rings is 1. The molecule has 1 heterocycles. The van der Waals surface area contributed by atoms with Crippen LogP contribution in [-0.2, 0) is 10.0 Å². The van der Waals surface area contributed by atoms with Crippen LogP contribution in [0.1, 0.15) is 19.8 Å². The van der Waals surface area contributed by atoms with Gasteiger partial charge in [-0.05, 0) is 51.1 Å². The van der Waals surface area contributed by atoms with Crippen molar-refractivity contribution in [3.05, 3.63) is 29.0 Å². The Morgan fingerprint density at radius 1 is 1.37 bits per heavy atom. The van der Waals surface area contributed by atoms with Crippen molar-refractivity contribution in [2.45, 2.75) is 30.2 Å². The van der Waals surface area contributed by atoms with Gasteiger partial charge in [0.25, 0.3) is 0 Å². The summed E-state index contributed by atoms with van der Waals surface area (Å²) in [6, 6.07) is 3.27. The summed E-state index contributed by atoms with van der Waals surface area (Å²) in [5.74, 6) is -0.558. The van der Waals surface area contributed by atoms with E-state index in [9.17, 15) is 12.8 Å². The van der Waals surface area contributed by atoms with Crippen molar-refractivity contribution < 1.29 is 12.8 Å². The Kier molecular flexibility index (Phi) is 4.15. The van der Waals surface area contributed by atoms with Crippen LogP contribution in [-0.4, -0.2) is 27.0 Å². The molecule has 1 aromatic rings. The van der Waals surface area contributed by atoms with Crippen LogP contribution in [0.15, 0.2) is 23.1 Å². The van der Waals surface area contributed by atoms with Gasteiger partial charge in [-0.2, -0.15) is 0 Å². The van der Waals surface area contributed by atoms with Crippen molar-refractivity contribution in [3.8, 4) is 0 Å². The average molecular weight is 307 g/mol. The molecule has 0 atom stereocenters. The first-order valence-corrected chi connectivity index (χ1v) is 7.88. The van der Waals surface area contributed by atoms with Crippen LogP contribution in [0.2, 0.25) is 5.02 Å². The summed E-state index contributed by atoms with van der Waals surface area (Å²) >= 11 is 5.81. The standard InChI is InChI=1S/C12H16ClFN2O2S/c1-12(4-6-15-7-5-12)16-19(17,18)11-3-2-9(14)8-10(11)13/h2-3,8,15-16H,4-7H2,1H3. The molecule has 0 spiro atoms. The van der Waals surface area contributed by atoms with Gasteiger partial charge in [0.05, 0.1) is 5.02 Å². The highest BCUT2D eigenvalue weighted by atomic mass is 35.5. The van der Waals surface area contributed by atoms with Gasteiger partial charge in [-0.1, -0.05) is 11.6 Å². The third kappa shape index (κ3) is 3.45. The third-order valence-electron chi connectivity index (χ3n) is 3.27. The average Bonchev–Trinajstić information content (AvgIpc) is 2.27. The highest BCUT2D eigenvalue weighted by Gasteiger charge is 2.32. The minimum absolute atomic E-state index is 0.0877. The van der Waals surface area contributed by atoms with E-state index in [1.165, 1.54) is 6.07 Å². The predicted molar refractivity (Wildman–Crippen MR) is 72.2 cm³/mol. The van der Waals surface area contributed by atoms with E-state index >= 15 is 0 Å². The van der Waals surface area contributed by atoms with Gasteiger partial charge in [0.1, 0.15) is 10.7 Å². The van der Waals surface area contributed by atoms with E-state index in [-0.39, 0.29) is 9.92 Å². The molecule has 0 amide bonds. The molecule has 19 heavy (non-hydrogen) atoms. The lowest BCUT2D eigenvalue weighted by molar-refractivity contribution is 0.308. The molecular formula is C12H16ClFN2O2S. The molecule has 2 N–H and O–H groups in total. The van der Waals surface area contributed by atoms with Gasteiger partial charge in [-0.25, -0.2) is 17.5 Å². The van der Waals surface area contributed by atoms with E-state index in [2.05, 4.69) is 10.0 Å². The van der Waals surface area contributed by atoms with Crippen LogP contribution in [0, 0.1) is 5.82 Å². The smallest absolute Gasteiger partial charge is 0.242 e. The van der Waals surface area contributed by atoms with Gasteiger partial charge in [-0.3, -0.25) is 0 Å². The number of nitrogens with one attached hydrogen (secondary N) is 2. The first-order chi connectivity index (χ1) is 8.82. The molecule has 0 aliphatic carbocycles. The monoisotopic (exact) mass is 306 g/mol. The fraction of sp³-hybridized carbons (Fsp3) is 0.500. The summed E-state index contributed by atoms with van der Waals surface area (Å²) in [7, 11) is -3.74. The second kappa shape index (κ2) is 5.36. The minimum atomic E-state index is -3.74. The van der Waals surface area contributed by atoms with E-state index in [1.54, 1.807) is 0 Å². The molecule has 106 valence electrons. The molecule has 1 aromatic carbocycles. The molecule has 4 nitrogen and oxygen atoms in total. The molecule has 0 saturated carbocycles. The Balaban J connectivity index is 2.27. The van der Waals surface area contributed by atoms with Crippen LogP contribution in [0.25, 0.3) is 0 Å². The van der Waals surface area contributed by atoms with Crippen molar-refractivity contribution in [1.29, 1.82) is 0 Å². The fourth-order valence-corrected chi connectivity index (χ4v) is 4.15. The van der Waals surface area contributed by atoms with Crippen molar-refractivity contribution in [3.63, 3.8) is 0 Å². The van der Waals surface area contributed by atoms with E-state index in [1.807, 2.05) is 6.92 Å². The summed E-state index contributed by atoms with van der Waals surface area (Å²) in [4.78, 5) is -0.0877. The van der Waals surface area contributed by atoms with Gasteiger partial charge in [0, 0.05) is 5.54 Å². The third-order valence-corrected chi connectivity index (χ3v) is 5.39. The molecule has 0 aromatic heterocycles. The zero-order valence-electron chi connectivity index (χ0n) is 10.5. The largest absolute Gasteiger partial charge is 0.317 e. The molecule has 0 radical (unpaired) electrons. The SMILES string of the molecule is CC1(NS(=O)(=O)c2ccc(F)cc2Cl)CCNCC1. The zero-order chi connectivity index (χ0) is 14.1. The Bertz CT molecular complexity index is 571. The summed E-state index contributed by atoms with van der Waals surface area (Å²) in [5, 5.41) is 3.07. The van der Waals surface area contributed by atoms with Gasteiger partial charge in [0.2, 0.25) is 10.0 Å². The Morgan fingerprint density at radius 3 is 2.58 bits per heavy atom. The maximum atomic E-state index is 13.0. The van der Waals surface area contributed by atoms with E-state index in [0.717, 1.165) is 25.2 Å². The molecule has 1 fully saturated rings. The first kappa shape index (κ1) is 14.7. The van der Waals surface area contributed by atoms with Crippen molar-refractivity contribution in [2.75, 3.05) is 13.1 Å². The number of piperidine rings is 1. The van der Waals surface area contributed by atoms with Gasteiger partial charge in [-0.15, -0.1) is 0 Å². The molecule has 1 saturated heterocycles. The summed E-state index contributed by atoms with van der Waals surface area (Å²) in [6.07, 6.45) is 1.40. The quantitative estimate of drug-likeness (QED) is 0.897. The van der Waals surface area contributed by atoms with Gasteiger partial charge >= 0.3 is 0 Å². The van der Waals surface area contributed by atoms with Crippen LogP contribution in [0.3, 0.4) is 0 Å². The van der Waals surface area contributed by atoms with Gasteiger partial charge < -0.3 is 5.32 Å². The van der Waals surface area contributed by atoms with Crippen molar-refractivity contribution in [2.24, 2.45) is 0 Å². The predicted octanol–water partition coefficient (Wildman–Crippen LogP) is 1.90. The highest BCUT2D eigenvalue weighted by Crippen LogP contribution is 2.26. The minimum Gasteiger partial charge on any atom is -0.317 e. The first-order valence-electron chi connectivity index (χ1n) is 6.02. The second-order valence-corrected chi connectivity index (χ2v) is 7.05. The highest BCUT2D eigenvalue weighted by molar-refractivity contribution is 7.89. The van der Waals surface area contributed by atoms with Gasteiger partial charge in [0.15, 0.2) is 0 Å². The van der Waals surface area contributed by atoms with Crippen LogP contribution in [0.4, 0.5) is 4.39 Å². The van der Waals surface area contributed by atoms with Crippen LogP contribution in [0.5, 0.6) is 0 Å². The fourth-order valence-electron chi connectivity index (χ4n) is 2.15.